The predicted molar refractivity (Wildman–Crippen MR) is 109 cm³/mol. The molecule has 2 aromatic carbocycles. The number of rotatable bonds is 4. The molecule has 1 fully saturated rings. The number of halogens is 2. The van der Waals surface area contributed by atoms with Crippen molar-refractivity contribution in [1.29, 1.82) is 0 Å². The number of benzene rings is 2. The molecule has 0 spiro atoms. The molecule has 1 heterocycles. The summed E-state index contributed by atoms with van der Waals surface area (Å²) in [4.78, 5) is 17.0. The first-order valence-corrected chi connectivity index (χ1v) is 9.04. The van der Waals surface area contributed by atoms with Crippen molar-refractivity contribution >= 4 is 29.9 Å². The molecule has 1 amide bonds. The molecule has 0 aliphatic carbocycles. The third kappa shape index (κ3) is 4.77. The van der Waals surface area contributed by atoms with Gasteiger partial charge in [-0.15, -0.1) is 12.4 Å². The third-order valence-corrected chi connectivity index (χ3v) is 5.19. The highest BCUT2D eigenvalue weighted by molar-refractivity contribution is 6.30. The van der Waals surface area contributed by atoms with Crippen molar-refractivity contribution < 1.29 is 4.79 Å². The van der Waals surface area contributed by atoms with Crippen molar-refractivity contribution in [2.24, 2.45) is 5.73 Å². The monoisotopic (exact) mass is 393 g/mol. The van der Waals surface area contributed by atoms with E-state index in [2.05, 4.69) is 24.0 Å². The van der Waals surface area contributed by atoms with Gasteiger partial charge in [0.1, 0.15) is 0 Å². The highest BCUT2D eigenvalue weighted by Gasteiger charge is 2.25. The quantitative estimate of drug-likeness (QED) is 0.860. The second-order valence-electron chi connectivity index (χ2n) is 6.46. The Hall–Kier alpha value is -1.59. The molecule has 0 saturated carbocycles. The summed E-state index contributed by atoms with van der Waals surface area (Å²) in [5.74, 6) is 0.0994. The summed E-state index contributed by atoms with van der Waals surface area (Å²) in [5, 5.41) is 0.757. The molecule has 2 aromatic rings. The van der Waals surface area contributed by atoms with Crippen LogP contribution in [-0.4, -0.2) is 41.9 Å². The molecule has 4 nitrogen and oxygen atoms in total. The van der Waals surface area contributed by atoms with Crippen LogP contribution in [0.4, 0.5) is 0 Å². The van der Waals surface area contributed by atoms with Gasteiger partial charge in [0, 0.05) is 49.4 Å². The molecule has 1 atom stereocenters. The lowest BCUT2D eigenvalue weighted by Gasteiger charge is -2.38. The van der Waals surface area contributed by atoms with Crippen molar-refractivity contribution in [3.8, 4) is 0 Å². The van der Waals surface area contributed by atoms with Gasteiger partial charge >= 0.3 is 0 Å². The SMILES string of the molecule is CC(c1ccc(Cl)cc1)N1CCN(C(=O)c2ccc(CN)cc2)CC1.Cl. The standard InChI is InChI=1S/C20H24ClN3O.ClH/c1-15(17-6-8-19(21)9-7-17)23-10-12-24(13-11-23)20(25)18-4-2-16(14-22)3-5-18;/h2-9,15H,10-14,22H2,1H3;1H. The fourth-order valence-electron chi connectivity index (χ4n) is 3.23. The van der Waals surface area contributed by atoms with Crippen molar-refractivity contribution in [2.75, 3.05) is 26.2 Å². The summed E-state index contributed by atoms with van der Waals surface area (Å²) in [6.45, 7) is 5.93. The molecule has 0 bridgehead atoms. The van der Waals surface area contributed by atoms with Crippen LogP contribution in [0.25, 0.3) is 0 Å². The van der Waals surface area contributed by atoms with E-state index in [0.29, 0.717) is 12.6 Å². The zero-order valence-electron chi connectivity index (χ0n) is 14.9. The fraction of sp³-hybridized carbons (Fsp3) is 0.350. The van der Waals surface area contributed by atoms with Crippen LogP contribution in [0.1, 0.15) is 34.5 Å². The Morgan fingerprint density at radius 3 is 2.15 bits per heavy atom. The van der Waals surface area contributed by atoms with Crippen molar-refractivity contribution in [1.82, 2.24) is 9.80 Å². The Morgan fingerprint density at radius 2 is 1.62 bits per heavy atom. The van der Waals surface area contributed by atoms with Crippen LogP contribution in [0.5, 0.6) is 0 Å². The number of nitrogens with two attached hydrogens (primary N) is 1. The lowest BCUT2D eigenvalue weighted by atomic mass is 10.1. The second kappa shape index (κ2) is 9.38. The van der Waals surface area contributed by atoms with Gasteiger partial charge in [-0.1, -0.05) is 35.9 Å². The second-order valence-corrected chi connectivity index (χ2v) is 6.89. The van der Waals surface area contributed by atoms with E-state index >= 15 is 0 Å². The molecule has 1 unspecified atom stereocenters. The van der Waals surface area contributed by atoms with E-state index < -0.39 is 0 Å². The lowest BCUT2D eigenvalue weighted by molar-refractivity contribution is 0.0582. The van der Waals surface area contributed by atoms with E-state index in [9.17, 15) is 4.79 Å². The van der Waals surface area contributed by atoms with Crippen molar-refractivity contribution in [2.45, 2.75) is 19.5 Å². The summed E-state index contributed by atoms with van der Waals surface area (Å²) in [5.41, 5.74) is 8.63. The van der Waals surface area contributed by atoms with Gasteiger partial charge < -0.3 is 10.6 Å². The third-order valence-electron chi connectivity index (χ3n) is 4.94. The number of hydrogen-bond donors (Lipinski definition) is 1. The van der Waals surface area contributed by atoms with Gasteiger partial charge in [-0.3, -0.25) is 9.69 Å². The zero-order chi connectivity index (χ0) is 17.8. The van der Waals surface area contributed by atoms with Crippen LogP contribution in [0, 0.1) is 0 Å². The Kier molecular flexibility index (Phi) is 7.47. The molecule has 3 rings (SSSR count). The van der Waals surface area contributed by atoms with Crippen molar-refractivity contribution in [3.05, 3.63) is 70.2 Å². The highest BCUT2D eigenvalue weighted by Crippen LogP contribution is 2.23. The van der Waals surface area contributed by atoms with Crippen LogP contribution in [-0.2, 0) is 6.54 Å². The average Bonchev–Trinajstić information content (AvgIpc) is 2.67. The van der Waals surface area contributed by atoms with Gasteiger partial charge in [0.2, 0.25) is 0 Å². The van der Waals surface area contributed by atoms with Crippen LogP contribution < -0.4 is 5.73 Å². The molecule has 6 heteroatoms. The minimum Gasteiger partial charge on any atom is -0.336 e. The number of carbonyl (C=O) groups excluding carboxylic acids is 1. The summed E-state index contributed by atoms with van der Waals surface area (Å²) in [7, 11) is 0. The molecule has 1 saturated heterocycles. The maximum atomic E-state index is 12.6. The van der Waals surface area contributed by atoms with Gasteiger partial charge in [0.15, 0.2) is 0 Å². The molecule has 0 aromatic heterocycles. The van der Waals surface area contributed by atoms with E-state index in [4.69, 9.17) is 17.3 Å². The number of nitrogens with zero attached hydrogens (tertiary/aromatic N) is 2. The van der Waals surface area contributed by atoms with E-state index in [-0.39, 0.29) is 18.3 Å². The number of carbonyl (C=O) groups is 1. The van der Waals surface area contributed by atoms with Gasteiger partial charge in [-0.25, -0.2) is 0 Å². The molecule has 1 aliphatic heterocycles. The first-order valence-electron chi connectivity index (χ1n) is 8.66. The molecule has 1 aliphatic rings. The molecular weight excluding hydrogens is 369 g/mol. The molecule has 140 valence electrons. The number of amides is 1. The Labute approximate surface area is 166 Å². The van der Waals surface area contributed by atoms with Crippen LogP contribution in [0.3, 0.4) is 0 Å². The van der Waals surface area contributed by atoms with E-state index in [0.717, 1.165) is 42.3 Å². The van der Waals surface area contributed by atoms with E-state index in [1.165, 1.54) is 5.56 Å². The smallest absolute Gasteiger partial charge is 0.253 e. The van der Waals surface area contributed by atoms with Crippen LogP contribution in [0.2, 0.25) is 5.02 Å². The van der Waals surface area contributed by atoms with Crippen LogP contribution in [0.15, 0.2) is 48.5 Å². The first kappa shape index (κ1) is 20.7. The van der Waals surface area contributed by atoms with Crippen molar-refractivity contribution in [3.63, 3.8) is 0 Å². The van der Waals surface area contributed by atoms with Crippen LogP contribution >= 0.6 is 24.0 Å². The topological polar surface area (TPSA) is 49.6 Å². The first-order chi connectivity index (χ1) is 12.1. The largest absolute Gasteiger partial charge is 0.336 e. The molecule has 26 heavy (non-hydrogen) atoms. The summed E-state index contributed by atoms with van der Waals surface area (Å²) in [6, 6.07) is 15.9. The minimum atomic E-state index is 0. The number of piperazine rings is 1. The maximum absolute atomic E-state index is 12.6. The molecule has 2 N–H and O–H groups in total. The average molecular weight is 394 g/mol. The summed E-state index contributed by atoms with van der Waals surface area (Å²) in [6.07, 6.45) is 0. The predicted octanol–water partition coefficient (Wildman–Crippen LogP) is 3.74. The Bertz CT molecular complexity index is 711. The van der Waals surface area contributed by atoms with Gasteiger partial charge in [0.05, 0.1) is 0 Å². The fourth-order valence-corrected chi connectivity index (χ4v) is 3.36. The van der Waals surface area contributed by atoms with Gasteiger partial charge in [0.25, 0.3) is 5.91 Å². The Morgan fingerprint density at radius 1 is 1.04 bits per heavy atom. The highest BCUT2D eigenvalue weighted by atomic mass is 35.5. The van der Waals surface area contributed by atoms with Gasteiger partial charge in [-0.05, 0) is 42.3 Å². The molecule has 0 radical (unpaired) electrons. The normalized spacial score (nSPS) is 16.0. The van der Waals surface area contributed by atoms with E-state index in [1.54, 1.807) is 0 Å². The zero-order valence-corrected chi connectivity index (χ0v) is 16.5. The lowest BCUT2D eigenvalue weighted by Crippen LogP contribution is -2.49. The molecular formula is C20H25Cl2N3O. The summed E-state index contributed by atoms with van der Waals surface area (Å²) < 4.78 is 0. The maximum Gasteiger partial charge on any atom is 0.253 e. The number of hydrogen-bond acceptors (Lipinski definition) is 3. The summed E-state index contributed by atoms with van der Waals surface area (Å²) >= 11 is 5.97. The van der Waals surface area contributed by atoms with E-state index in [1.807, 2.05) is 41.3 Å². The Balaban J connectivity index is 0.00000243. The van der Waals surface area contributed by atoms with Gasteiger partial charge in [-0.2, -0.15) is 0 Å². The minimum absolute atomic E-state index is 0.